The number of aryl methyl sites for hydroxylation is 2. The maximum absolute atomic E-state index is 12.3. The van der Waals surface area contributed by atoms with Crippen molar-refractivity contribution < 1.29 is 19.4 Å². The third kappa shape index (κ3) is 3.84. The van der Waals surface area contributed by atoms with E-state index in [0.29, 0.717) is 6.42 Å². The molecule has 0 aliphatic heterocycles. The molecular weight excluding hydrogens is 268 g/mol. The third-order valence-corrected chi connectivity index (χ3v) is 3.75. The van der Waals surface area contributed by atoms with Crippen molar-refractivity contribution in [2.75, 3.05) is 6.61 Å². The number of aliphatic carboxylic acids is 1. The molecule has 0 heterocycles. The van der Waals surface area contributed by atoms with Gasteiger partial charge in [0.15, 0.2) is 5.41 Å². The molecule has 1 rings (SSSR count). The molecule has 0 bridgehead atoms. The lowest BCUT2D eigenvalue weighted by Gasteiger charge is -2.27. The van der Waals surface area contributed by atoms with Gasteiger partial charge in [-0.05, 0) is 44.7 Å². The lowest BCUT2D eigenvalue weighted by atomic mass is 9.76. The van der Waals surface area contributed by atoms with Crippen LogP contribution in [0.1, 0.15) is 43.4 Å². The van der Waals surface area contributed by atoms with Crippen molar-refractivity contribution in [2.45, 2.75) is 47.0 Å². The number of benzene rings is 1. The second kappa shape index (κ2) is 7.25. The van der Waals surface area contributed by atoms with Crippen LogP contribution in [0.3, 0.4) is 0 Å². The van der Waals surface area contributed by atoms with Gasteiger partial charge in [-0.25, -0.2) is 0 Å². The summed E-state index contributed by atoms with van der Waals surface area (Å²) < 4.78 is 5.04. The Morgan fingerprint density at radius 1 is 1.24 bits per heavy atom. The molecule has 0 radical (unpaired) electrons. The minimum atomic E-state index is -1.50. The van der Waals surface area contributed by atoms with Gasteiger partial charge in [-0.15, -0.1) is 0 Å². The molecule has 4 heteroatoms. The van der Waals surface area contributed by atoms with Crippen molar-refractivity contribution in [3.63, 3.8) is 0 Å². The number of hydrogen-bond acceptors (Lipinski definition) is 3. The Bertz CT molecular complexity index is 522. The molecule has 0 saturated carbocycles. The van der Waals surface area contributed by atoms with Crippen LogP contribution >= 0.6 is 0 Å². The van der Waals surface area contributed by atoms with E-state index in [9.17, 15) is 14.7 Å². The van der Waals surface area contributed by atoms with Crippen molar-refractivity contribution >= 4 is 11.9 Å². The standard InChI is InChI=1S/C17H24O4/c1-5-9-17(15(18)19,16(20)21-6-2)11-14-10-12(3)7-8-13(14)4/h7-8,10H,5-6,9,11H2,1-4H3,(H,18,19). The van der Waals surface area contributed by atoms with Gasteiger partial charge in [-0.1, -0.05) is 37.1 Å². The van der Waals surface area contributed by atoms with Gasteiger partial charge < -0.3 is 9.84 Å². The fourth-order valence-corrected chi connectivity index (χ4v) is 2.54. The zero-order valence-electron chi connectivity index (χ0n) is 13.2. The van der Waals surface area contributed by atoms with Crippen LogP contribution in [-0.2, 0) is 20.7 Å². The first-order valence-electron chi connectivity index (χ1n) is 7.34. The predicted molar refractivity (Wildman–Crippen MR) is 81.2 cm³/mol. The zero-order valence-corrected chi connectivity index (χ0v) is 13.2. The summed E-state index contributed by atoms with van der Waals surface area (Å²) in [5.74, 6) is -1.75. The van der Waals surface area contributed by atoms with Crippen molar-refractivity contribution in [3.05, 3.63) is 34.9 Å². The highest BCUT2D eigenvalue weighted by atomic mass is 16.5. The van der Waals surface area contributed by atoms with Gasteiger partial charge in [0.05, 0.1) is 6.61 Å². The van der Waals surface area contributed by atoms with Crippen LogP contribution in [0.15, 0.2) is 18.2 Å². The SMILES string of the molecule is CCCC(Cc1cc(C)ccc1C)(C(=O)O)C(=O)OCC. The second-order valence-electron chi connectivity index (χ2n) is 5.46. The second-order valence-corrected chi connectivity index (χ2v) is 5.46. The van der Waals surface area contributed by atoms with Crippen LogP contribution < -0.4 is 0 Å². The Balaban J connectivity index is 3.26. The Labute approximate surface area is 126 Å². The summed E-state index contributed by atoms with van der Waals surface area (Å²) in [5, 5.41) is 9.67. The number of carboxylic acids is 1. The molecule has 0 aromatic heterocycles. The van der Waals surface area contributed by atoms with Crippen LogP contribution in [0.5, 0.6) is 0 Å². The van der Waals surface area contributed by atoms with Gasteiger partial charge in [0, 0.05) is 0 Å². The average molecular weight is 292 g/mol. The maximum atomic E-state index is 12.3. The minimum absolute atomic E-state index is 0.169. The lowest BCUT2D eigenvalue weighted by molar-refractivity contribution is -0.169. The Hall–Kier alpha value is -1.84. The number of esters is 1. The molecule has 1 atom stereocenters. The van der Waals surface area contributed by atoms with E-state index in [-0.39, 0.29) is 19.4 Å². The van der Waals surface area contributed by atoms with Crippen LogP contribution in [0.2, 0.25) is 0 Å². The van der Waals surface area contributed by atoms with Crippen molar-refractivity contribution in [1.29, 1.82) is 0 Å². The first-order valence-corrected chi connectivity index (χ1v) is 7.34. The fourth-order valence-electron chi connectivity index (χ4n) is 2.54. The Kier molecular flexibility index (Phi) is 5.94. The van der Waals surface area contributed by atoms with E-state index >= 15 is 0 Å². The van der Waals surface area contributed by atoms with E-state index in [2.05, 4.69) is 0 Å². The summed E-state index contributed by atoms with van der Waals surface area (Å²) in [5.41, 5.74) is 1.43. The van der Waals surface area contributed by atoms with Gasteiger partial charge in [0.25, 0.3) is 0 Å². The van der Waals surface area contributed by atoms with Crippen LogP contribution in [0, 0.1) is 19.3 Å². The monoisotopic (exact) mass is 292 g/mol. The highest BCUT2D eigenvalue weighted by molar-refractivity contribution is 5.99. The molecule has 1 N–H and O–H groups in total. The molecule has 0 amide bonds. The minimum Gasteiger partial charge on any atom is -0.480 e. The van der Waals surface area contributed by atoms with Crippen LogP contribution in [0.25, 0.3) is 0 Å². The number of carbonyl (C=O) groups is 2. The zero-order chi connectivity index (χ0) is 16.0. The summed E-state index contributed by atoms with van der Waals surface area (Å²) in [6.45, 7) is 7.63. The summed E-state index contributed by atoms with van der Waals surface area (Å²) >= 11 is 0. The normalized spacial score (nSPS) is 13.5. The van der Waals surface area contributed by atoms with E-state index in [1.165, 1.54) is 0 Å². The quantitative estimate of drug-likeness (QED) is 0.619. The number of carboxylic acid groups (broad SMARTS) is 1. The molecule has 21 heavy (non-hydrogen) atoms. The third-order valence-electron chi connectivity index (χ3n) is 3.75. The molecule has 0 fully saturated rings. The fraction of sp³-hybridized carbons (Fsp3) is 0.529. The lowest BCUT2D eigenvalue weighted by Crippen LogP contribution is -2.42. The first-order chi connectivity index (χ1) is 9.87. The highest BCUT2D eigenvalue weighted by Gasteiger charge is 2.47. The maximum Gasteiger partial charge on any atom is 0.323 e. The van der Waals surface area contributed by atoms with Crippen LogP contribution in [-0.4, -0.2) is 23.7 Å². The molecule has 1 aromatic carbocycles. The summed E-state index contributed by atoms with van der Waals surface area (Å²) in [7, 11) is 0. The largest absolute Gasteiger partial charge is 0.480 e. The molecule has 0 aliphatic rings. The van der Waals surface area contributed by atoms with E-state index in [0.717, 1.165) is 16.7 Å². The molecule has 116 valence electrons. The van der Waals surface area contributed by atoms with Crippen LogP contribution in [0.4, 0.5) is 0 Å². The van der Waals surface area contributed by atoms with Gasteiger partial charge in [-0.2, -0.15) is 0 Å². The summed E-state index contributed by atoms with van der Waals surface area (Å²) in [4.78, 5) is 24.1. The first kappa shape index (κ1) is 17.2. The molecule has 1 unspecified atom stereocenters. The van der Waals surface area contributed by atoms with Crippen molar-refractivity contribution in [2.24, 2.45) is 5.41 Å². The topological polar surface area (TPSA) is 63.6 Å². The van der Waals surface area contributed by atoms with Crippen molar-refractivity contribution in [1.82, 2.24) is 0 Å². The van der Waals surface area contributed by atoms with E-state index in [1.54, 1.807) is 6.92 Å². The number of rotatable bonds is 7. The average Bonchev–Trinajstić information content (AvgIpc) is 2.42. The van der Waals surface area contributed by atoms with Gasteiger partial charge in [0.1, 0.15) is 0 Å². The molecular formula is C17H24O4. The van der Waals surface area contributed by atoms with Crippen molar-refractivity contribution in [3.8, 4) is 0 Å². The predicted octanol–water partition coefficient (Wildman–Crippen LogP) is 3.28. The number of hydrogen-bond donors (Lipinski definition) is 1. The number of carbonyl (C=O) groups excluding carboxylic acids is 1. The molecule has 4 nitrogen and oxygen atoms in total. The molecule has 0 aliphatic carbocycles. The molecule has 0 spiro atoms. The van der Waals surface area contributed by atoms with Gasteiger partial charge in [-0.3, -0.25) is 9.59 Å². The highest BCUT2D eigenvalue weighted by Crippen LogP contribution is 2.32. The Morgan fingerprint density at radius 2 is 1.90 bits per heavy atom. The van der Waals surface area contributed by atoms with E-state index < -0.39 is 17.4 Å². The smallest absolute Gasteiger partial charge is 0.323 e. The van der Waals surface area contributed by atoms with Gasteiger partial charge in [0.2, 0.25) is 0 Å². The Morgan fingerprint density at radius 3 is 2.43 bits per heavy atom. The summed E-state index contributed by atoms with van der Waals surface area (Å²) in [6.07, 6.45) is 1.05. The molecule has 0 saturated heterocycles. The van der Waals surface area contributed by atoms with Gasteiger partial charge >= 0.3 is 11.9 Å². The van der Waals surface area contributed by atoms with E-state index in [1.807, 2.05) is 39.0 Å². The summed E-state index contributed by atoms with van der Waals surface area (Å²) in [6, 6.07) is 5.88. The molecule has 1 aromatic rings. The number of ether oxygens (including phenoxy) is 1. The van der Waals surface area contributed by atoms with E-state index in [4.69, 9.17) is 4.74 Å².